The normalized spacial score (nSPS) is 19.2. The molecule has 0 radical (unpaired) electrons. The lowest BCUT2D eigenvalue weighted by molar-refractivity contribution is -0.144. The van der Waals surface area contributed by atoms with E-state index < -0.39 is 34.7 Å². The van der Waals surface area contributed by atoms with Crippen LogP contribution in [-0.4, -0.2) is 49.4 Å². The first-order valence-corrected chi connectivity index (χ1v) is 8.71. The molecular formula is C14H19N3O5S. The Labute approximate surface area is 134 Å². The number of benzene rings is 1. The summed E-state index contributed by atoms with van der Waals surface area (Å²) in [6.45, 7) is -0.112. The number of carbonyl (C=O) groups excluding carboxylic acids is 1. The molecule has 1 aliphatic rings. The summed E-state index contributed by atoms with van der Waals surface area (Å²) in [5, 5.41) is 8.84. The van der Waals surface area contributed by atoms with Crippen molar-refractivity contribution in [1.29, 1.82) is 0 Å². The molecule has 1 aliphatic heterocycles. The fourth-order valence-electron chi connectivity index (χ4n) is 2.41. The van der Waals surface area contributed by atoms with E-state index in [0.29, 0.717) is 31.5 Å². The monoisotopic (exact) mass is 341 g/mol. The van der Waals surface area contributed by atoms with Crippen molar-refractivity contribution in [3.05, 3.63) is 30.3 Å². The molecule has 1 aromatic rings. The number of carbonyl (C=O) groups is 2. The largest absolute Gasteiger partial charge is 0.480 e. The Morgan fingerprint density at radius 3 is 2.61 bits per heavy atom. The second-order valence-electron chi connectivity index (χ2n) is 5.29. The van der Waals surface area contributed by atoms with Gasteiger partial charge < -0.3 is 10.0 Å². The van der Waals surface area contributed by atoms with Crippen molar-refractivity contribution in [3.8, 4) is 0 Å². The van der Waals surface area contributed by atoms with Gasteiger partial charge >= 0.3 is 5.97 Å². The van der Waals surface area contributed by atoms with Crippen LogP contribution in [0.15, 0.2) is 30.3 Å². The quantitative estimate of drug-likeness (QED) is 0.692. The van der Waals surface area contributed by atoms with Crippen molar-refractivity contribution >= 4 is 27.8 Å². The van der Waals surface area contributed by atoms with Gasteiger partial charge in [-0.05, 0) is 31.4 Å². The van der Waals surface area contributed by atoms with E-state index in [1.807, 2.05) is 0 Å². The van der Waals surface area contributed by atoms with Gasteiger partial charge in [0.2, 0.25) is 5.91 Å². The van der Waals surface area contributed by atoms with Crippen LogP contribution in [0, 0.1) is 0 Å². The fourth-order valence-corrected chi connectivity index (χ4v) is 3.51. The molecule has 0 aromatic heterocycles. The highest BCUT2D eigenvalue weighted by molar-refractivity contribution is 7.90. The van der Waals surface area contributed by atoms with Crippen molar-refractivity contribution in [2.45, 2.75) is 25.3 Å². The lowest BCUT2D eigenvalue weighted by Gasteiger charge is -2.23. The Bertz CT molecular complexity index is 662. The molecule has 1 saturated heterocycles. The number of para-hydroxylation sites is 1. The van der Waals surface area contributed by atoms with Crippen LogP contribution in [0.3, 0.4) is 0 Å². The Balaban J connectivity index is 2.07. The summed E-state index contributed by atoms with van der Waals surface area (Å²) < 4.78 is 28.9. The van der Waals surface area contributed by atoms with Crippen LogP contribution in [0.5, 0.6) is 0 Å². The second kappa shape index (κ2) is 7.42. The number of carboxylic acid groups (broad SMARTS) is 1. The third kappa shape index (κ3) is 5.22. The molecule has 3 N–H and O–H groups in total. The lowest BCUT2D eigenvalue weighted by Crippen LogP contribution is -2.49. The molecule has 0 aliphatic carbocycles. The molecule has 0 spiro atoms. The van der Waals surface area contributed by atoms with Gasteiger partial charge in [-0.2, -0.15) is 13.1 Å². The van der Waals surface area contributed by atoms with E-state index in [9.17, 15) is 18.0 Å². The van der Waals surface area contributed by atoms with Crippen molar-refractivity contribution in [3.63, 3.8) is 0 Å². The molecule has 8 nitrogen and oxygen atoms in total. The van der Waals surface area contributed by atoms with Gasteiger partial charge in [-0.3, -0.25) is 14.3 Å². The summed E-state index contributed by atoms with van der Waals surface area (Å²) in [5.74, 6) is -1.63. The van der Waals surface area contributed by atoms with E-state index in [0.717, 1.165) is 0 Å². The van der Waals surface area contributed by atoms with Crippen molar-refractivity contribution in [2.75, 3.05) is 17.8 Å². The average Bonchev–Trinajstić information content (AvgIpc) is 2.63. The highest BCUT2D eigenvalue weighted by Gasteiger charge is 2.31. The van der Waals surface area contributed by atoms with E-state index >= 15 is 0 Å². The summed E-state index contributed by atoms with van der Waals surface area (Å²) in [7, 11) is -3.93. The Kier molecular flexibility index (Phi) is 5.56. The number of hydrogen-bond acceptors (Lipinski definition) is 4. The minimum absolute atomic E-state index is 0.315. The number of aliphatic carboxylic acids is 1. The van der Waals surface area contributed by atoms with Gasteiger partial charge in [0.05, 0.1) is 0 Å². The molecule has 126 valence electrons. The average molecular weight is 341 g/mol. The van der Waals surface area contributed by atoms with Gasteiger partial charge in [-0.1, -0.05) is 18.2 Å². The maximum atomic E-state index is 12.3. The molecule has 0 unspecified atom stereocenters. The van der Waals surface area contributed by atoms with Gasteiger partial charge in [-0.25, -0.2) is 0 Å². The van der Waals surface area contributed by atoms with E-state index in [2.05, 4.69) is 9.44 Å². The fraction of sp³-hybridized carbons (Fsp3) is 0.429. The van der Waals surface area contributed by atoms with E-state index in [1.165, 1.54) is 4.90 Å². The highest BCUT2D eigenvalue weighted by Crippen LogP contribution is 2.14. The molecule has 9 heteroatoms. The predicted octanol–water partition coefficient (Wildman–Crippen LogP) is 0.399. The Morgan fingerprint density at radius 2 is 1.96 bits per heavy atom. The third-order valence-corrected chi connectivity index (χ3v) is 4.53. The van der Waals surface area contributed by atoms with Gasteiger partial charge in [0.15, 0.2) is 0 Å². The molecule has 0 saturated carbocycles. The maximum Gasteiger partial charge on any atom is 0.323 e. The van der Waals surface area contributed by atoms with Crippen molar-refractivity contribution in [1.82, 2.24) is 9.62 Å². The molecule has 0 bridgehead atoms. The van der Waals surface area contributed by atoms with Crippen LogP contribution in [-0.2, 0) is 19.8 Å². The van der Waals surface area contributed by atoms with Crippen LogP contribution in [0.4, 0.5) is 5.69 Å². The van der Waals surface area contributed by atoms with Crippen LogP contribution >= 0.6 is 0 Å². The first-order chi connectivity index (χ1) is 10.9. The molecule has 23 heavy (non-hydrogen) atoms. The second-order valence-corrected chi connectivity index (χ2v) is 6.74. The topological polar surface area (TPSA) is 116 Å². The van der Waals surface area contributed by atoms with Crippen LogP contribution in [0.25, 0.3) is 0 Å². The van der Waals surface area contributed by atoms with Gasteiger partial charge in [0.1, 0.15) is 12.6 Å². The van der Waals surface area contributed by atoms with Crippen molar-refractivity contribution < 1.29 is 23.1 Å². The zero-order chi connectivity index (χ0) is 16.9. The molecular weight excluding hydrogens is 322 g/mol. The number of nitrogens with zero attached hydrogens (tertiary/aromatic N) is 1. The number of carboxylic acids is 1. The standard InChI is InChI=1S/C14H19N3O5S/c18-13(19)10-17-9-5-4-8-12(14(17)20)16-23(21,22)15-11-6-2-1-3-7-11/h1-3,6-7,12,15-16H,4-5,8-10H2,(H,18,19)/t12-/m0/s1. The first-order valence-electron chi connectivity index (χ1n) is 7.23. The van der Waals surface area contributed by atoms with Gasteiger partial charge in [-0.15, -0.1) is 0 Å². The maximum absolute atomic E-state index is 12.3. The SMILES string of the molecule is O=C(O)CN1CCCC[C@H](NS(=O)(=O)Nc2ccccc2)C1=O. The van der Waals surface area contributed by atoms with E-state index in [4.69, 9.17) is 5.11 Å². The minimum Gasteiger partial charge on any atom is -0.480 e. The summed E-state index contributed by atoms with van der Waals surface area (Å²) >= 11 is 0. The highest BCUT2D eigenvalue weighted by atomic mass is 32.2. The summed E-state index contributed by atoms with van der Waals surface area (Å²) in [4.78, 5) is 24.3. The summed E-state index contributed by atoms with van der Waals surface area (Å²) in [6, 6.07) is 7.34. The molecule has 2 rings (SSSR count). The van der Waals surface area contributed by atoms with Crippen molar-refractivity contribution in [2.24, 2.45) is 0 Å². The number of nitrogens with one attached hydrogen (secondary N) is 2. The number of amides is 1. The minimum atomic E-state index is -3.93. The molecule has 1 atom stereocenters. The van der Waals surface area contributed by atoms with Crippen LogP contribution < -0.4 is 9.44 Å². The first kappa shape index (κ1) is 17.2. The van der Waals surface area contributed by atoms with Gasteiger partial charge in [0.25, 0.3) is 10.2 Å². The van der Waals surface area contributed by atoms with Crippen LogP contribution in [0.2, 0.25) is 0 Å². The zero-order valence-electron chi connectivity index (χ0n) is 12.4. The number of likely N-dealkylation sites (tertiary alicyclic amines) is 1. The molecule has 1 amide bonds. The number of rotatable bonds is 6. The number of hydrogen-bond donors (Lipinski definition) is 3. The van der Waals surface area contributed by atoms with E-state index in [-0.39, 0.29) is 0 Å². The summed E-state index contributed by atoms with van der Waals surface area (Å²) in [6.07, 6.45) is 1.62. The summed E-state index contributed by atoms with van der Waals surface area (Å²) in [5.41, 5.74) is 0.378. The smallest absolute Gasteiger partial charge is 0.323 e. The molecule has 1 fully saturated rings. The third-order valence-electron chi connectivity index (χ3n) is 3.43. The number of anilines is 1. The Hall–Kier alpha value is -2.13. The zero-order valence-corrected chi connectivity index (χ0v) is 13.3. The molecule has 1 aromatic carbocycles. The Morgan fingerprint density at radius 1 is 1.26 bits per heavy atom. The van der Waals surface area contributed by atoms with Gasteiger partial charge in [0, 0.05) is 12.2 Å². The van der Waals surface area contributed by atoms with E-state index in [1.54, 1.807) is 30.3 Å². The van der Waals surface area contributed by atoms with Crippen LogP contribution in [0.1, 0.15) is 19.3 Å². The molecule has 1 heterocycles. The lowest BCUT2D eigenvalue weighted by atomic mass is 10.1. The predicted molar refractivity (Wildman–Crippen MR) is 84.0 cm³/mol.